The summed E-state index contributed by atoms with van der Waals surface area (Å²) < 4.78 is 0. The SMILES string of the molecule is CCCCC[Si](I)c1ccccc1. The van der Waals surface area contributed by atoms with Crippen LogP contribution in [-0.4, -0.2) is 6.29 Å². The first kappa shape index (κ1) is 11.2. The van der Waals surface area contributed by atoms with E-state index in [9.17, 15) is 0 Å². The molecule has 0 spiro atoms. The van der Waals surface area contributed by atoms with E-state index in [4.69, 9.17) is 0 Å². The number of benzene rings is 1. The van der Waals surface area contributed by atoms with Crippen molar-refractivity contribution in [2.75, 3.05) is 0 Å². The van der Waals surface area contributed by atoms with Crippen LogP contribution in [0.25, 0.3) is 0 Å². The van der Waals surface area contributed by atoms with Gasteiger partial charge in [0.2, 0.25) is 0 Å². The number of hydrogen-bond donors (Lipinski definition) is 0. The maximum absolute atomic E-state index is 2.65. The summed E-state index contributed by atoms with van der Waals surface area (Å²) in [7, 11) is 0. The molecule has 0 bridgehead atoms. The number of rotatable bonds is 5. The molecule has 0 unspecified atom stereocenters. The average Bonchev–Trinajstić information content (AvgIpc) is 2.19. The molecule has 1 rings (SSSR count). The van der Waals surface area contributed by atoms with Gasteiger partial charge in [-0.15, -0.1) is 21.8 Å². The van der Waals surface area contributed by atoms with Gasteiger partial charge in [0.25, 0.3) is 0 Å². The van der Waals surface area contributed by atoms with Gasteiger partial charge in [0.05, 0.1) is 0 Å². The maximum Gasteiger partial charge on any atom is 0.163 e. The highest BCUT2D eigenvalue weighted by Crippen LogP contribution is 2.09. The summed E-state index contributed by atoms with van der Waals surface area (Å²) in [5.74, 6) is 0. The van der Waals surface area contributed by atoms with Crippen molar-refractivity contribution in [1.29, 1.82) is 0 Å². The first-order valence-electron chi connectivity index (χ1n) is 4.91. The van der Waals surface area contributed by atoms with Crippen molar-refractivity contribution in [3.8, 4) is 0 Å². The Bertz CT molecular complexity index is 223. The highest BCUT2D eigenvalue weighted by Gasteiger charge is 2.08. The molecule has 0 nitrogen and oxygen atoms in total. The fourth-order valence-corrected chi connectivity index (χ4v) is 4.92. The van der Waals surface area contributed by atoms with E-state index in [0.29, 0.717) is 0 Å². The Morgan fingerprint density at radius 1 is 1.15 bits per heavy atom. The minimum absolute atomic E-state index is 0.270. The molecule has 0 aliphatic heterocycles. The molecule has 71 valence electrons. The van der Waals surface area contributed by atoms with Crippen LogP contribution in [0, 0.1) is 0 Å². The zero-order valence-corrected chi connectivity index (χ0v) is 11.3. The van der Waals surface area contributed by atoms with Gasteiger partial charge >= 0.3 is 0 Å². The topological polar surface area (TPSA) is 0 Å². The van der Waals surface area contributed by atoms with Crippen molar-refractivity contribution < 1.29 is 0 Å². The van der Waals surface area contributed by atoms with Gasteiger partial charge in [-0.2, -0.15) is 0 Å². The minimum Gasteiger partial charge on any atom is -0.115 e. The number of hydrogen-bond acceptors (Lipinski definition) is 0. The lowest BCUT2D eigenvalue weighted by Gasteiger charge is -2.06. The highest BCUT2D eigenvalue weighted by atomic mass is 127. The van der Waals surface area contributed by atoms with E-state index in [1.165, 1.54) is 25.3 Å². The standard InChI is InChI=1S/C11H16ISi/c1-2-3-7-10-13(12)11-8-5-4-6-9-11/h4-6,8-9H,2-3,7,10H2,1H3. The van der Waals surface area contributed by atoms with Gasteiger partial charge in [-0.3, -0.25) is 0 Å². The largest absolute Gasteiger partial charge is 0.163 e. The van der Waals surface area contributed by atoms with E-state index in [2.05, 4.69) is 59.1 Å². The Morgan fingerprint density at radius 2 is 1.85 bits per heavy atom. The van der Waals surface area contributed by atoms with Crippen molar-refractivity contribution in [3.05, 3.63) is 30.3 Å². The summed E-state index contributed by atoms with van der Waals surface area (Å²) >= 11 is 2.65. The van der Waals surface area contributed by atoms with E-state index in [1.54, 1.807) is 5.19 Å². The summed E-state index contributed by atoms with van der Waals surface area (Å²) in [6.07, 6.45) is 3.86. The molecule has 1 aromatic carbocycles. The average molecular weight is 303 g/mol. The van der Waals surface area contributed by atoms with Crippen LogP contribution >= 0.6 is 21.8 Å². The van der Waals surface area contributed by atoms with Gasteiger partial charge in [-0.05, 0) is 11.2 Å². The molecule has 0 heterocycles. The van der Waals surface area contributed by atoms with Crippen LogP contribution in [0.4, 0.5) is 0 Å². The third-order valence-electron chi connectivity index (χ3n) is 2.09. The van der Waals surface area contributed by atoms with Gasteiger partial charge in [0.1, 0.15) is 0 Å². The lowest BCUT2D eigenvalue weighted by atomic mass is 10.3. The normalized spacial score (nSPS) is 10.7. The number of halogens is 1. The van der Waals surface area contributed by atoms with Gasteiger partial charge in [-0.25, -0.2) is 0 Å². The quantitative estimate of drug-likeness (QED) is 0.338. The predicted octanol–water partition coefficient (Wildman–Crippen LogP) is 3.51. The molecule has 0 aliphatic rings. The molecule has 0 atom stereocenters. The minimum atomic E-state index is -0.270. The molecular formula is C11H16ISi. The van der Waals surface area contributed by atoms with Crippen molar-refractivity contribution in [2.24, 2.45) is 0 Å². The summed E-state index contributed by atoms with van der Waals surface area (Å²) in [6.45, 7) is 2.27. The Morgan fingerprint density at radius 3 is 2.46 bits per heavy atom. The molecule has 13 heavy (non-hydrogen) atoms. The van der Waals surface area contributed by atoms with Crippen LogP contribution in [-0.2, 0) is 0 Å². The third-order valence-corrected chi connectivity index (χ3v) is 7.33. The van der Waals surface area contributed by atoms with Gasteiger partial charge < -0.3 is 0 Å². The molecule has 0 saturated heterocycles. The Balaban J connectivity index is 2.35. The predicted molar refractivity (Wildman–Crippen MR) is 70.2 cm³/mol. The van der Waals surface area contributed by atoms with Gasteiger partial charge in [-0.1, -0.05) is 56.5 Å². The smallest absolute Gasteiger partial charge is 0.115 e. The first-order valence-corrected chi connectivity index (χ1v) is 9.73. The Hall–Kier alpha value is 0.167. The molecule has 0 N–H and O–H groups in total. The van der Waals surface area contributed by atoms with Crippen LogP contribution in [0.3, 0.4) is 0 Å². The second-order valence-electron chi connectivity index (χ2n) is 3.23. The van der Waals surface area contributed by atoms with Gasteiger partial charge in [0.15, 0.2) is 6.29 Å². The molecule has 1 aromatic rings. The van der Waals surface area contributed by atoms with Crippen LogP contribution in [0.2, 0.25) is 6.04 Å². The molecular weight excluding hydrogens is 287 g/mol. The molecule has 0 amide bonds. The van der Waals surface area contributed by atoms with E-state index in [1.807, 2.05) is 0 Å². The molecule has 2 heteroatoms. The van der Waals surface area contributed by atoms with Crippen LogP contribution < -0.4 is 5.19 Å². The molecule has 0 saturated carbocycles. The van der Waals surface area contributed by atoms with E-state index < -0.39 is 0 Å². The lowest BCUT2D eigenvalue weighted by Crippen LogP contribution is -2.22. The van der Waals surface area contributed by atoms with E-state index in [-0.39, 0.29) is 6.29 Å². The fraction of sp³-hybridized carbons (Fsp3) is 0.455. The molecule has 0 aromatic heterocycles. The molecule has 0 fully saturated rings. The lowest BCUT2D eigenvalue weighted by molar-refractivity contribution is 0.769. The molecule has 0 aliphatic carbocycles. The van der Waals surface area contributed by atoms with E-state index in [0.717, 1.165) is 0 Å². The van der Waals surface area contributed by atoms with Crippen molar-refractivity contribution in [2.45, 2.75) is 32.2 Å². The monoisotopic (exact) mass is 303 g/mol. The van der Waals surface area contributed by atoms with Gasteiger partial charge in [0, 0.05) is 0 Å². The zero-order valence-electron chi connectivity index (χ0n) is 8.09. The Labute approximate surface area is 95.6 Å². The van der Waals surface area contributed by atoms with Crippen LogP contribution in [0.15, 0.2) is 30.3 Å². The summed E-state index contributed by atoms with van der Waals surface area (Å²) in [5.41, 5.74) is 0. The highest BCUT2D eigenvalue weighted by molar-refractivity contribution is 14.1. The second-order valence-corrected chi connectivity index (χ2v) is 9.02. The summed E-state index contributed by atoms with van der Waals surface area (Å²) in [5, 5.41) is 1.57. The van der Waals surface area contributed by atoms with Crippen LogP contribution in [0.5, 0.6) is 0 Å². The molecule has 1 radical (unpaired) electrons. The van der Waals surface area contributed by atoms with Crippen molar-refractivity contribution in [3.63, 3.8) is 0 Å². The van der Waals surface area contributed by atoms with Crippen molar-refractivity contribution >= 4 is 33.3 Å². The third kappa shape index (κ3) is 4.27. The summed E-state index contributed by atoms with van der Waals surface area (Å²) in [6, 6.07) is 12.4. The maximum atomic E-state index is 2.65. The second kappa shape index (κ2) is 6.60. The Kier molecular flexibility index (Phi) is 5.70. The number of unbranched alkanes of at least 4 members (excludes halogenated alkanes) is 2. The fourth-order valence-electron chi connectivity index (χ4n) is 1.29. The van der Waals surface area contributed by atoms with Crippen molar-refractivity contribution in [1.82, 2.24) is 0 Å². The summed E-state index contributed by atoms with van der Waals surface area (Å²) in [4.78, 5) is 0. The first-order chi connectivity index (χ1) is 6.34. The van der Waals surface area contributed by atoms with E-state index >= 15 is 0 Å². The van der Waals surface area contributed by atoms with Crippen LogP contribution in [0.1, 0.15) is 26.2 Å². The zero-order chi connectivity index (χ0) is 9.52.